The fraction of sp³-hybridized carbons (Fsp3) is 0.500. The molecular formula is C24H30N6O2. The Balaban J connectivity index is 1.29. The summed E-state index contributed by atoms with van der Waals surface area (Å²) < 4.78 is 7.42. The van der Waals surface area contributed by atoms with Gasteiger partial charge in [-0.1, -0.05) is 30.3 Å². The summed E-state index contributed by atoms with van der Waals surface area (Å²) in [6, 6.07) is 10.1. The Morgan fingerprint density at radius 1 is 1.06 bits per heavy atom. The molecule has 0 aliphatic carbocycles. The van der Waals surface area contributed by atoms with E-state index in [4.69, 9.17) is 4.74 Å². The van der Waals surface area contributed by atoms with Gasteiger partial charge in [0.2, 0.25) is 5.91 Å². The number of nitrogens with one attached hydrogen (secondary N) is 1. The van der Waals surface area contributed by atoms with Crippen LogP contribution in [0.4, 0.5) is 5.82 Å². The molecule has 8 heteroatoms. The molecule has 0 saturated carbocycles. The van der Waals surface area contributed by atoms with Crippen molar-refractivity contribution in [3.05, 3.63) is 48.4 Å². The van der Waals surface area contributed by atoms with Gasteiger partial charge >= 0.3 is 0 Å². The van der Waals surface area contributed by atoms with Crippen molar-refractivity contribution >= 4 is 22.8 Å². The molecule has 0 atom stereocenters. The third-order valence-corrected chi connectivity index (χ3v) is 6.78. The van der Waals surface area contributed by atoms with Crippen LogP contribution >= 0.6 is 0 Å². The summed E-state index contributed by atoms with van der Waals surface area (Å²) in [6.45, 7) is 4.31. The normalized spacial score (nSPS) is 18.6. The maximum Gasteiger partial charge on any atom is 0.230 e. The van der Waals surface area contributed by atoms with Gasteiger partial charge in [-0.15, -0.1) is 0 Å². The summed E-state index contributed by atoms with van der Waals surface area (Å²) in [4.78, 5) is 24.7. The summed E-state index contributed by atoms with van der Waals surface area (Å²) in [5.41, 5.74) is 1.35. The number of amides is 1. The van der Waals surface area contributed by atoms with Crippen molar-refractivity contribution in [1.29, 1.82) is 0 Å². The van der Waals surface area contributed by atoms with E-state index in [2.05, 4.69) is 25.3 Å². The predicted octanol–water partition coefficient (Wildman–Crippen LogP) is 2.68. The van der Waals surface area contributed by atoms with E-state index >= 15 is 0 Å². The molecule has 168 valence electrons. The molecule has 32 heavy (non-hydrogen) atoms. The van der Waals surface area contributed by atoms with Crippen LogP contribution in [0.5, 0.6) is 0 Å². The molecule has 2 aromatic heterocycles. The average Bonchev–Trinajstić information content (AvgIpc) is 3.28. The van der Waals surface area contributed by atoms with Gasteiger partial charge < -0.3 is 15.0 Å². The summed E-state index contributed by atoms with van der Waals surface area (Å²) in [5.74, 6) is 1.03. The van der Waals surface area contributed by atoms with Gasteiger partial charge in [-0.05, 0) is 37.7 Å². The zero-order valence-electron chi connectivity index (χ0n) is 18.4. The van der Waals surface area contributed by atoms with Gasteiger partial charge in [-0.25, -0.2) is 14.6 Å². The highest BCUT2D eigenvalue weighted by Gasteiger charge is 2.41. The molecule has 5 rings (SSSR count). The maximum atomic E-state index is 13.3. The fourth-order valence-electron chi connectivity index (χ4n) is 4.97. The quantitative estimate of drug-likeness (QED) is 0.642. The number of ether oxygens (including phenoxy) is 1. The van der Waals surface area contributed by atoms with E-state index in [1.54, 1.807) is 6.33 Å². The first kappa shape index (κ1) is 20.9. The number of rotatable bonds is 6. The van der Waals surface area contributed by atoms with Crippen LogP contribution in [0.3, 0.4) is 0 Å². The molecule has 2 aliphatic heterocycles. The summed E-state index contributed by atoms with van der Waals surface area (Å²) >= 11 is 0. The molecule has 0 bridgehead atoms. The van der Waals surface area contributed by atoms with Crippen molar-refractivity contribution in [2.24, 2.45) is 0 Å². The Hall–Kier alpha value is -3.00. The third-order valence-electron chi connectivity index (χ3n) is 6.78. The van der Waals surface area contributed by atoms with Gasteiger partial charge in [0.25, 0.3) is 0 Å². The fourth-order valence-corrected chi connectivity index (χ4v) is 4.97. The van der Waals surface area contributed by atoms with Crippen LogP contribution in [0.1, 0.15) is 37.7 Å². The van der Waals surface area contributed by atoms with Gasteiger partial charge in [0.05, 0.1) is 23.5 Å². The molecule has 0 radical (unpaired) electrons. The van der Waals surface area contributed by atoms with Crippen LogP contribution in [-0.2, 0) is 21.5 Å². The lowest BCUT2D eigenvalue weighted by atomic mass is 9.73. The van der Waals surface area contributed by atoms with Crippen molar-refractivity contribution in [2.75, 3.05) is 37.7 Å². The van der Waals surface area contributed by atoms with E-state index in [1.165, 1.54) is 19.3 Å². The largest absolute Gasteiger partial charge is 0.381 e. The van der Waals surface area contributed by atoms with Crippen LogP contribution in [-0.4, -0.2) is 58.5 Å². The van der Waals surface area contributed by atoms with Gasteiger partial charge in [0.15, 0.2) is 5.65 Å². The second-order valence-electron chi connectivity index (χ2n) is 8.67. The minimum absolute atomic E-state index is 0.0621. The number of hydrogen-bond acceptors (Lipinski definition) is 6. The van der Waals surface area contributed by atoms with E-state index in [9.17, 15) is 4.79 Å². The molecule has 3 aromatic rings. The Morgan fingerprint density at radius 2 is 1.84 bits per heavy atom. The minimum Gasteiger partial charge on any atom is -0.381 e. The van der Waals surface area contributed by atoms with E-state index in [1.807, 2.05) is 41.2 Å². The highest BCUT2D eigenvalue weighted by atomic mass is 16.5. The second kappa shape index (κ2) is 9.24. The molecule has 0 spiro atoms. The van der Waals surface area contributed by atoms with Crippen molar-refractivity contribution in [1.82, 2.24) is 25.1 Å². The number of anilines is 1. The van der Waals surface area contributed by atoms with Crippen LogP contribution < -0.4 is 10.2 Å². The van der Waals surface area contributed by atoms with Crippen LogP contribution in [0.15, 0.2) is 42.9 Å². The molecule has 2 saturated heterocycles. The standard InChI is InChI=1S/C24H30N6O2/c31-23(24(9-15-32-16-10-24)19-7-3-1-4-8-19)25-11-14-30-22-20(17-28-30)21(26-18-27-22)29-12-5-2-6-13-29/h1,3-4,7-8,17-18H,2,5-6,9-16H2,(H,25,31). The van der Waals surface area contributed by atoms with E-state index in [0.29, 0.717) is 39.1 Å². The topological polar surface area (TPSA) is 85.2 Å². The van der Waals surface area contributed by atoms with Crippen molar-refractivity contribution < 1.29 is 9.53 Å². The molecule has 2 fully saturated rings. The number of nitrogens with zero attached hydrogens (tertiary/aromatic N) is 5. The maximum absolute atomic E-state index is 13.3. The first-order valence-electron chi connectivity index (χ1n) is 11.6. The Kier molecular flexibility index (Phi) is 6.03. The van der Waals surface area contributed by atoms with Crippen molar-refractivity contribution in [3.8, 4) is 0 Å². The number of benzene rings is 1. The molecular weight excluding hydrogens is 404 g/mol. The highest BCUT2D eigenvalue weighted by molar-refractivity contribution is 5.88. The SMILES string of the molecule is O=C(NCCn1ncc2c(N3CCCCC3)ncnc21)C1(c2ccccc2)CCOCC1. The number of aromatic nitrogens is 4. The molecule has 8 nitrogen and oxygen atoms in total. The first-order valence-corrected chi connectivity index (χ1v) is 11.6. The molecule has 1 N–H and O–H groups in total. The smallest absolute Gasteiger partial charge is 0.230 e. The zero-order chi connectivity index (χ0) is 21.8. The van der Waals surface area contributed by atoms with Crippen LogP contribution in [0, 0.1) is 0 Å². The summed E-state index contributed by atoms with van der Waals surface area (Å²) in [5, 5.41) is 8.69. The summed E-state index contributed by atoms with van der Waals surface area (Å²) in [6.07, 6.45) is 8.53. The minimum atomic E-state index is -0.532. The number of carbonyl (C=O) groups is 1. The molecule has 4 heterocycles. The van der Waals surface area contributed by atoms with Gasteiger partial charge in [0, 0.05) is 32.8 Å². The Labute approximate surface area is 188 Å². The monoisotopic (exact) mass is 434 g/mol. The zero-order valence-corrected chi connectivity index (χ0v) is 18.4. The van der Waals surface area contributed by atoms with E-state index in [0.717, 1.165) is 35.5 Å². The molecule has 1 amide bonds. The number of carbonyl (C=O) groups excluding carboxylic acids is 1. The van der Waals surface area contributed by atoms with Crippen molar-refractivity contribution in [2.45, 2.75) is 44.1 Å². The molecule has 1 aromatic carbocycles. The average molecular weight is 435 g/mol. The Bertz CT molecular complexity index is 1050. The predicted molar refractivity (Wildman–Crippen MR) is 123 cm³/mol. The first-order chi connectivity index (χ1) is 15.8. The molecule has 2 aliphatic rings. The lowest BCUT2D eigenvalue weighted by Crippen LogP contribution is -2.48. The van der Waals surface area contributed by atoms with Gasteiger partial charge in [-0.2, -0.15) is 5.10 Å². The third kappa shape index (κ3) is 3.95. The summed E-state index contributed by atoms with van der Waals surface area (Å²) in [7, 11) is 0. The van der Waals surface area contributed by atoms with Gasteiger partial charge in [0.1, 0.15) is 12.1 Å². The highest BCUT2D eigenvalue weighted by Crippen LogP contribution is 2.35. The van der Waals surface area contributed by atoms with Gasteiger partial charge in [-0.3, -0.25) is 4.79 Å². The lowest BCUT2D eigenvalue weighted by Gasteiger charge is -2.36. The lowest BCUT2D eigenvalue weighted by molar-refractivity contribution is -0.130. The van der Waals surface area contributed by atoms with E-state index < -0.39 is 5.41 Å². The van der Waals surface area contributed by atoms with Crippen LogP contribution in [0.25, 0.3) is 11.0 Å². The Morgan fingerprint density at radius 3 is 2.62 bits per heavy atom. The second-order valence-corrected chi connectivity index (χ2v) is 8.67. The van der Waals surface area contributed by atoms with E-state index in [-0.39, 0.29) is 5.91 Å². The number of piperidine rings is 1. The number of fused-ring (bicyclic) bond motifs is 1. The number of hydrogen-bond donors (Lipinski definition) is 1. The van der Waals surface area contributed by atoms with Crippen molar-refractivity contribution in [3.63, 3.8) is 0 Å². The molecule has 0 unspecified atom stereocenters. The van der Waals surface area contributed by atoms with Crippen LogP contribution in [0.2, 0.25) is 0 Å².